The van der Waals surface area contributed by atoms with Gasteiger partial charge in [-0.15, -0.1) is 10.2 Å². The molecule has 8 heteroatoms. The molecule has 0 radical (unpaired) electrons. The molecule has 0 N–H and O–H groups in total. The molecule has 7 nitrogen and oxygen atoms in total. The largest absolute Gasteiger partial charge is 0.272 e. The van der Waals surface area contributed by atoms with Gasteiger partial charge in [0.25, 0.3) is 11.8 Å². The molecule has 0 atom stereocenters. The van der Waals surface area contributed by atoms with Crippen LogP contribution in [0.4, 0.5) is 0 Å². The molecule has 0 bridgehead atoms. The average molecular weight is 398 g/mol. The van der Waals surface area contributed by atoms with Gasteiger partial charge in [0.15, 0.2) is 0 Å². The van der Waals surface area contributed by atoms with Crippen molar-refractivity contribution in [2.45, 2.75) is 6.54 Å². The van der Waals surface area contributed by atoms with E-state index < -0.39 is 0 Å². The van der Waals surface area contributed by atoms with E-state index in [9.17, 15) is 9.59 Å². The zero-order valence-electron chi connectivity index (χ0n) is 13.0. The van der Waals surface area contributed by atoms with Crippen LogP contribution in [0.1, 0.15) is 20.7 Å². The second-order valence-corrected chi connectivity index (χ2v) is 6.44. The van der Waals surface area contributed by atoms with Crippen molar-refractivity contribution in [3.63, 3.8) is 0 Å². The monoisotopic (exact) mass is 397 g/mol. The van der Waals surface area contributed by atoms with Gasteiger partial charge in [0.2, 0.25) is 5.82 Å². The number of halogens is 1. The summed E-state index contributed by atoms with van der Waals surface area (Å²) in [7, 11) is 0. The van der Waals surface area contributed by atoms with Crippen LogP contribution in [0, 0.1) is 0 Å². The molecule has 2 amide bonds. The molecule has 2 aromatic carbocycles. The number of carbonyl (C=O) groups excluding carboxylic acids is 2. The van der Waals surface area contributed by atoms with Crippen LogP contribution in [0.2, 0.25) is 0 Å². The first kappa shape index (κ1) is 15.6. The molecule has 25 heavy (non-hydrogen) atoms. The van der Waals surface area contributed by atoms with E-state index in [0.717, 1.165) is 10.0 Å². The molecule has 2 heterocycles. The van der Waals surface area contributed by atoms with E-state index in [4.69, 9.17) is 0 Å². The molecule has 124 valence electrons. The number of carbonyl (C=O) groups is 2. The van der Waals surface area contributed by atoms with E-state index in [1.165, 1.54) is 9.70 Å². The Bertz CT molecular complexity index is 932. The normalized spacial score (nSPS) is 13.4. The van der Waals surface area contributed by atoms with Crippen LogP contribution in [0.15, 0.2) is 53.0 Å². The summed E-state index contributed by atoms with van der Waals surface area (Å²) in [5.41, 5.74) is 1.72. The fourth-order valence-corrected chi connectivity index (χ4v) is 2.95. The molecule has 0 spiro atoms. The molecule has 0 aliphatic carbocycles. The Morgan fingerprint density at radius 3 is 2.16 bits per heavy atom. The number of imide groups is 1. The number of benzene rings is 2. The fraction of sp³-hybridized carbons (Fsp3) is 0.118. The highest BCUT2D eigenvalue weighted by molar-refractivity contribution is 9.10. The molecule has 1 aliphatic rings. The standard InChI is InChI=1S/C17H12BrN5O2/c18-12-7-5-11(6-8-12)15-19-21-23(20-15)10-9-22-16(24)13-3-1-2-4-14(13)17(22)25/h1-8H,9-10H2. The zero-order valence-corrected chi connectivity index (χ0v) is 14.5. The smallest absolute Gasteiger partial charge is 0.261 e. The summed E-state index contributed by atoms with van der Waals surface area (Å²) in [6, 6.07) is 14.4. The minimum Gasteiger partial charge on any atom is -0.272 e. The molecular weight excluding hydrogens is 386 g/mol. The summed E-state index contributed by atoms with van der Waals surface area (Å²) in [4.78, 5) is 27.2. The lowest BCUT2D eigenvalue weighted by atomic mass is 10.1. The van der Waals surface area contributed by atoms with Gasteiger partial charge in [-0.3, -0.25) is 14.5 Å². The van der Waals surface area contributed by atoms with Gasteiger partial charge < -0.3 is 0 Å². The molecule has 0 unspecified atom stereocenters. The van der Waals surface area contributed by atoms with E-state index >= 15 is 0 Å². The van der Waals surface area contributed by atoms with Crippen molar-refractivity contribution in [3.05, 3.63) is 64.1 Å². The number of hydrogen-bond acceptors (Lipinski definition) is 5. The van der Waals surface area contributed by atoms with Crippen molar-refractivity contribution in [1.82, 2.24) is 25.1 Å². The number of hydrogen-bond donors (Lipinski definition) is 0. The number of aromatic nitrogens is 4. The Balaban J connectivity index is 1.47. The van der Waals surface area contributed by atoms with Gasteiger partial charge in [0.1, 0.15) is 0 Å². The van der Waals surface area contributed by atoms with Crippen LogP contribution in [-0.2, 0) is 6.54 Å². The first-order chi connectivity index (χ1) is 12.1. The number of fused-ring (bicyclic) bond motifs is 1. The average Bonchev–Trinajstić information content (AvgIpc) is 3.19. The van der Waals surface area contributed by atoms with Crippen LogP contribution >= 0.6 is 15.9 Å². The lowest BCUT2D eigenvalue weighted by molar-refractivity contribution is 0.0645. The maximum atomic E-state index is 12.3. The highest BCUT2D eigenvalue weighted by Crippen LogP contribution is 2.22. The predicted molar refractivity (Wildman–Crippen MR) is 92.8 cm³/mol. The van der Waals surface area contributed by atoms with Gasteiger partial charge in [0.05, 0.1) is 24.2 Å². The van der Waals surface area contributed by atoms with E-state index in [1.54, 1.807) is 24.3 Å². The van der Waals surface area contributed by atoms with Gasteiger partial charge in [-0.2, -0.15) is 4.80 Å². The highest BCUT2D eigenvalue weighted by atomic mass is 79.9. The van der Waals surface area contributed by atoms with Crippen LogP contribution in [0.5, 0.6) is 0 Å². The van der Waals surface area contributed by atoms with Crippen molar-refractivity contribution in [1.29, 1.82) is 0 Å². The lowest BCUT2D eigenvalue weighted by Gasteiger charge is -2.12. The molecule has 1 aliphatic heterocycles. The lowest BCUT2D eigenvalue weighted by Crippen LogP contribution is -2.33. The maximum absolute atomic E-state index is 12.3. The van der Waals surface area contributed by atoms with Crippen molar-refractivity contribution < 1.29 is 9.59 Å². The molecule has 0 fully saturated rings. The number of amides is 2. The molecular formula is C17H12BrN5O2. The number of rotatable bonds is 4. The van der Waals surface area contributed by atoms with Crippen LogP contribution < -0.4 is 0 Å². The molecule has 0 saturated carbocycles. The van der Waals surface area contributed by atoms with Gasteiger partial charge in [0, 0.05) is 10.0 Å². The van der Waals surface area contributed by atoms with Gasteiger partial charge in [-0.05, 0) is 41.6 Å². The van der Waals surface area contributed by atoms with Gasteiger partial charge >= 0.3 is 0 Å². The summed E-state index contributed by atoms with van der Waals surface area (Å²) >= 11 is 3.38. The van der Waals surface area contributed by atoms with Crippen molar-refractivity contribution in [2.75, 3.05) is 6.54 Å². The van der Waals surface area contributed by atoms with Crippen LogP contribution in [-0.4, -0.2) is 43.5 Å². The van der Waals surface area contributed by atoms with Gasteiger partial charge in [-0.25, -0.2) is 0 Å². The summed E-state index contributed by atoms with van der Waals surface area (Å²) in [5.74, 6) is -0.0717. The van der Waals surface area contributed by atoms with Crippen LogP contribution in [0.3, 0.4) is 0 Å². The van der Waals surface area contributed by atoms with E-state index in [-0.39, 0.29) is 24.9 Å². The Labute approximate surface area is 151 Å². The quantitative estimate of drug-likeness (QED) is 0.631. The first-order valence-electron chi connectivity index (χ1n) is 7.62. The maximum Gasteiger partial charge on any atom is 0.261 e. The number of nitrogens with zero attached hydrogens (tertiary/aromatic N) is 5. The summed E-state index contributed by atoms with van der Waals surface area (Å²) in [6.07, 6.45) is 0. The Hall–Kier alpha value is -2.87. The molecule has 3 aromatic rings. The first-order valence-corrected chi connectivity index (χ1v) is 8.42. The SMILES string of the molecule is O=C1c2ccccc2C(=O)N1CCn1nnc(-c2ccc(Br)cc2)n1. The van der Waals surface area contributed by atoms with Crippen molar-refractivity contribution in [3.8, 4) is 11.4 Å². The van der Waals surface area contributed by atoms with E-state index in [1.807, 2.05) is 24.3 Å². The Kier molecular flexibility index (Phi) is 3.89. The van der Waals surface area contributed by atoms with E-state index in [2.05, 4.69) is 31.3 Å². The topological polar surface area (TPSA) is 81.0 Å². The van der Waals surface area contributed by atoms with E-state index in [0.29, 0.717) is 17.0 Å². The number of tetrazole rings is 1. The van der Waals surface area contributed by atoms with Crippen LogP contribution in [0.25, 0.3) is 11.4 Å². The Morgan fingerprint density at radius 1 is 0.880 bits per heavy atom. The third-order valence-corrected chi connectivity index (χ3v) is 4.49. The zero-order chi connectivity index (χ0) is 17.4. The third kappa shape index (κ3) is 2.85. The minimum atomic E-state index is -0.283. The third-order valence-electron chi connectivity index (χ3n) is 3.96. The summed E-state index contributed by atoms with van der Waals surface area (Å²) < 4.78 is 0.967. The molecule has 4 rings (SSSR count). The summed E-state index contributed by atoms with van der Waals surface area (Å²) in [5, 5.41) is 12.3. The molecule has 0 saturated heterocycles. The second kappa shape index (κ2) is 6.21. The van der Waals surface area contributed by atoms with Gasteiger partial charge in [-0.1, -0.05) is 28.1 Å². The minimum absolute atomic E-state index is 0.197. The molecule has 1 aromatic heterocycles. The van der Waals surface area contributed by atoms with Crippen molar-refractivity contribution >= 4 is 27.7 Å². The Morgan fingerprint density at radius 2 is 1.52 bits per heavy atom. The predicted octanol–water partition coefficient (Wildman–Crippen LogP) is 2.40. The van der Waals surface area contributed by atoms with Crippen molar-refractivity contribution in [2.24, 2.45) is 0 Å². The summed E-state index contributed by atoms with van der Waals surface area (Å²) in [6.45, 7) is 0.484. The highest BCUT2D eigenvalue weighted by Gasteiger charge is 2.34. The second-order valence-electron chi connectivity index (χ2n) is 5.52. The fourth-order valence-electron chi connectivity index (χ4n) is 2.68.